The summed E-state index contributed by atoms with van der Waals surface area (Å²) in [6.07, 6.45) is 2.79. The normalized spacial score (nSPS) is 10.4. The SMILES string of the molecule is O=C(NNc1ncnc(Nc2cccc3cccnc23)c1[N+](=O)[O-])c1ccccc1. The molecule has 0 bridgehead atoms. The van der Waals surface area contributed by atoms with E-state index in [0.29, 0.717) is 16.8 Å². The van der Waals surface area contributed by atoms with Crippen molar-refractivity contribution in [3.63, 3.8) is 0 Å². The molecule has 10 heteroatoms. The van der Waals surface area contributed by atoms with Crippen molar-refractivity contribution in [2.24, 2.45) is 0 Å². The van der Waals surface area contributed by atoms with Crippen LogP contribution in [0.4, 0.5) is 23.0 Å². The second-order valence-corrected chi connectivity index (χ2v) is 6.13. The van der Waals surface area contributed by atoms with Crippen molar-refractivity contribution in [1.29, 1.82) is 0 Å². The Balaban J connectivity index is 1.63. The Bertz CT molecular complexity index is 1230. The van der Waals surface area contributed by atoms with Crippen LogP contribution < -0.4 is 16.2 Å². The fourth-order valence-corrected chi connectivity index (χ4v) is 2.84. The van der Waals surface area contributed by atoms with Crippen molar-refractivity contribution < 1.29 is 9.72 Å². The van der Waals surface area contributed by atoms with Gasteiger partial charge in [0.1, 0.15) is 6.33 Å². The molecule has 0 saturated carbocycles. The molecule has 0 unspecified atom stereocenters. The van der Waals surface area contributed by atoms with Gasteiger partial charge in [0.15, 0.2) is 0 Å². The minimum Gasteiger partial charge on any atom is -0.332 e. The summed E-state index contributed by atoms with van der Waals surface area (Å²) < 4.78 is 0. The summed E-state index contributed by atoms with van der Waals surface area (Å²) in [6.45, 7) is 0. The number of nitrogens with one attached hydrogen (secondary N) is 3. The quantitative estimate of drug-likeness (QED) is 0.330. The maximum Gasteiger partial charge on any atom is 0.355 e. The molecule has 4 aromatic rings. The maximum absolute atomic E-state index is 12.2. The summed E-state index contributed by atoms with van der Waals surface area (Å²) in [5, 5.41) is 15.5. The van der Waals surface area contributed by atoms with E-state index in [1.807, 2.05) is 12.1 Å². The van der Waals surface area contributed by atoms with Gasteiger partial charge in [-0.05, 0) is 24.3 Å². The Morgan fingerprint density at radius 1 is 0.900 bits per heavy atom. The lowest BCUT2D eigenvalue weighted by Gasteiger charge is -2.12. The first kappa shape index (κ1) is 18.7. The van der Waals surface area contributed by atoms with Crippen LogP contribution in [-0.2, 0) is 0 Å². The molecule has 3 N–H and O–H groups in total. The highest BCUT2D eigenvalue weighted by molar-refractivity contribution is 5.95. The average molecular weight is 401 g/mol. The summed E-state index contributed by atoms with van der Waals surface area (Å²) in [5.74, 6) is -0.657. The topological polar surface area (TPSA) is 135 Å². The molecule has 0 aliphatic carbocycles. The summed E-state index contributed by atoms with van der Waals surface area (Å²) in [4.78, 5) is 35.5. The van der Waals surface area contributed by atoms with Crippen LogP contribution in [0.3, 0.4) is 0 Å². The van der Waals surface area contributed by atoms with Crippen LogP contribution in [0, 0.1) is 10.1 Å². The first-order chi connectivity index (χ1) is 14.6. The van der Waals surface area contributed by atoms with E-state index in [1.54, 1.807) is 54.7 Å². The van der Waals surface area contributed by atoms with Crippen LogP contribution in [0.1, 0.15) is 10.4 Å². The molecule has 10 nitrogen and oxygen atoms in total. The Morgan fingerprint density at radius 2 is 1.67 bits per heavy atom. The number of rotatable bonds is 6. The Labute approximate surface area is 170 Å². The Hall–Kier alpha value is -4.60. The molecule has 0 radical (unpaired) electrons. The monoisotopic (exact) mass is 401 g/mol. The van der Waals surface area contributed by atoms with E-state index in [4.69, 9.17) is 0 Å². The molecular formula is C20H15N7O3. The average Bonchev–Trinajstić information content (AvgIpc) is 2.78. The van der Waals surface area contributed by atoms with Gasteiger partial charge < -0.3 is 5.32 Å². The van der Waals surface area contributed by atoms with E-state index in [1.165, 1.54) is 0 Å². The number of fused-ring (bicyclic) bond motifs is 1. The minimum atomic E-state index is -0.627. The number of hydrazine groups is 1. The Kier molecular flexibility index (Phi) is 5.12. The second kappa shape index (κ2) is 8.19. The van der Waals surface area contributed by atoms with E-state index in [2.05, 4.69) is 31.1 Å². The minimum absolute atomic E-state index is 0.0374. The molecule has 2 aromatic heterocycles. The van der Waals surface area contributed by atoms with Gasteiger partial charge in [-0.15, -0.1) is 0 Å². The highest BCUT2D eigenvalue weighted by atomic mass is 16.6. The van der Waals surface area contributed by atoms with Gasteiger partial charge in [-0.1, -0.05) is 36.4 Å². The number of hydrogen-bond acceptors (Lipinski definition) is 8. The van der Waals surface area contributed by atoms with Crippen molar-refractivity contribution in [2.45, 2.75) is 0 Å². The number of pyridine rings is 1. The van der Waals surface area contributed by atoms with Crippen molar-refractivity contribution >= 4 is 39.8 Å². The maximum atomic E-state index is 12.2. The number of anilines is 3. The first-order valence-electron chi connectivity index (χ1n) is 8.85. The molecule has 30 heavy (non-hydrogen) atoms. The van der Waals surface area contributed by atoms with Crippen LogP contribution >= 0.6 is 0 Å². The third-order valence-corrected chi connectivity index (χ3v) is 4.22. The fraction of sp³-hybridized carbons (Fsp3) is 0. The summed E-state index contributed by atoms with van der Waals surface area (Å²) in [7, 11) is 0. The standard InChI is InChI=1S/C20H15N7O3/c28-20(14-6-2-1-3-7-14)26-25-19-17(27(29)30)18(22-12-23-19)24-15-10-4-8-13-9-5-11-21-16(13)15/h1-12H,(H,26,28)(H2,22,23,24,25). The van der Waals surface area contributed by atoms with Crippen LogP contribution in [0.15, 0.2) is 73.2 Å². The molecule has 1 amide bonds. The van der Waals surface area contributed by atoms with Gasteiger partial charge >= 0.3 is 5.69 Å². The smallest absolute Gasteiger partial charge is 0.332 e. The summed E-state index contributed by atoms with van der Waals surface area (Å²) in [6, 6.07) is 17.5. The first-order valence-corrected chi connectivity index (χ1v) is 8.85. The van der Waals surface area contributed by atoms with E-state index in [-0.39, 0.29) is 11.6 Å². The highest BCUT2D eigenvalue weighted by Crippen LogP contribution is 2.32. The van der Waals surface area contributed by atoms with E-state index >= 15 is 0 Å². The van der Waals surface area contributed by atoms with Crippen LogP contribution in [0.5, 0.6) is 0 Å². The van der Waals surface area contributed by atoms with Gasteiger partial charge in [-0.25, -0.2) is 9.97 Å². The largest absolute Gasteiger partial charge is 0.355 e. The molecule has 0 aliphatic rings. The highest BCUT2D eigenvalue weighted by Gasteiger charge is 2.24. The van der Waals surface area contributed by atoms with E-state index in [9.17, 15) is 14.9 Å². The second-order valence-electron chi connectivity index (χ2n) is 6.13. The molecule has 2 heterocycles. The zero-order valence-corrected chi connectivity index (χ0v) is 15.4. The van der Waals surface area contributed by atoms with Crippen molar-refractivity contribution in [3.05, 3.63) is 88.9 Å². The third kappa shape index (κ3) is 3.83. The van der Waals surface area contributed by atoms with Crippen LogP contribution in [0.25, 0.3) is 10.9 Å². The fourth-order valence-electron chi connectivity index (χ4n) is 2.84. The van der Waals surface area contributed by atoms with Gasteiger partial charge in [-0.2, -0.15) is 0 Å². The number of hydrogen-bond donors (Lipinski definition) is 3. The molecular weight excluding hydrogens is 386 g/mol. The van der Waals surface area contributed by atoms with Gasteiger partial charge in [0.25, 0.3) is 5.91 Å². The lowest BCUT2D eigenvalue weighted by atomic mass is 10.2. The van der Waals surface area contributed by atoms with Crippen LogP contribution in [-0.4, -0.2) is 25.8 Å². The number of carbonyl (C=O) groups excluding carboxylic acids is 1. The number of nitro groups is 1. The number of carbonyl (C=O) groups is 1. The predicted molar refractivity (Wildman–Crippen MR) is 111 cm³/mol. The molecule has 148 valence electrons. The lowest BCUT2D eigenvalue weighted by Crippen LogP contribution is -2.30. The number of benzene rings is 2. The van der Waals surface area contributed by atoms with Gasteiger partial charge in [-0.3, -0.25) is 30.7 Å². The van der Waals surface area contributed by atoms with Gasteiger partial charge in [0.2, 0.25) is 11.6 Å². The van der Waals surface area contributed by atoms with E-state index in [0.717, 1.165) is 11.7 Å². The van der Waals surface area contributed by atoms with Crippen molar-refractivity contribution in [2.75, 3.05) is 10.7 Å². The number of para-hydroxylation sites is 1. The van der Waals surface area contributed by atoms with E-state index < -0.39 is 16.5 Å². The third-order valence-electron chi connectivity index (χ3n) is 4.22. The Morgan fingerprint density at radius 3 is 2.47 bits per heavy atom. The molecule has 0 saturated heterocycles. The lowest BCUT2D eigenvalue weighted by molar-refractivity contribution is -0.383. The van der Waals surface area contributed by atoms with Crippen molar-refractivity contribution in [1.82, 2.24) is 20.4 Å². The molecule has 2 aromatic carbocycles. The number of amides is 1. The molecule has 4 rings (SSSR count). The molecule has 0 spiro atoms. The number of nitrogens with zero attached hydrogens (tertiary/aromatic N) is 4. The predicted octanol–water partition coefficient (Wildman–Crippen LogP) is 3.43. The molecule has 0 atom stereocenters. The van der Waals surface area contributed by atoms with Gasteiger partial charge in [0, 0.05) is 17.1 Å². The number of aromatic nitrogens is 3. The van der Waals surface area contributed by atoms with Gasteiger partial charge in [0.05, 0.1) is 16.1 Å². The summed E-state index contributed by atoms with van der Waals surface area (Å²) in [5.41, 5.74) is 6.08. The summed E-state index contributed by atoms with van der Waals surface area (Å²) >= 11 is 0. The zero-order valence-electron chi connectivity index (χ0n) is 15.4. The molecule has 0 fully saturated rings. The van der Waals surface area contributed by atoms with Crippen molar-refractivity contribution in [3.8, 4) is 0 Å². The molecule has 0 aliphatic heterocycles. The zero-order chi connectivity index (χ0) is 20.9. The van der Waals surface area contributed by atoms with Crippen LogP contribution in [0.2, 0.25) is 0 Å².